The molecule has 0 atom stereocenters. The molecule has 1 saturated heterocycles. The number of anilines is 1. The summed E-state index contributed by atoms with van der Waals surface area (Å²) in [6, 6.07) is 3.68. The van der Waals surface area contributed by atoms with Crippen LogP contribution in [0.5, 0.6) is 0 Å². The van der Waals surface area contributed by atoms with Gasteiger partial charge in [-0.1, -0.05) is 6.07 Å². The van der Waals surface area contributed by atoms with Crippen LogP contribution in [0.1, 0.15) is 5.56 Å². The molecule has 2 rings (SSSR count). The Morgan fingerprint density at radius 3 is 2.74 bits per heavy atom. The zero-order valence-electron chi connectivity index (χ0n) is 9.75. The van der Waals surface area contributed by atoms with Crippen LogP contribution in [-0.4, -0.2) is 28.3 Å². The van der Waals surface area contributed by atoms with Gasteiger partial charge in [0.25, 0.3) is 5.69 Å². The monoisotopic (exact) mass is 265 g/mol. The van der Waals surface area contributed by atoms with E-state index < -0.39 is 11.0 Å². The molecule has 9 heteroatoms. The average molecular weight is 265 g/mol. The summed E-state index contributed by atoms with van der Waals surface area (Å²) in [6.45, 7) is 0.00511. The van der Waals surface area contributed by atoms with Crippen LogP contribution < -0.4 is 16.6 Å². The van der Waals surface area contributed by atoms with Gasteiger partial charge in [-0.25, -0.2) is 4.79 Å². The molecule has 9 nitrogen and oxygen atoms in total. The predicted octanol–water partition coefficient (Wildman–Crippen LogP) is -0.0678. The van der Waals surface area contributed by atoms with Crippen molar-refractivity contribution >= 4 is 23.3 Å². The number of nitrogens with zero attached hydrogens (tertiary/aromatic N) is 2. The Kier molecular flexibility index (Phi) is 3.29. The minimum Gasteiger partial charge on any atom is -0.329 e. The number of hydrazine groups is 1. The molecular weight excluding hydrogens is 254 g/mol. The highest BCUT2D eigenvalue weighted by molar-refractivity contribution is 6.01. The Morgan fingerprint density at radius 2 is 2.21 bits per heavy atom. The van der Waals surface area contributed by atoms with Crippen molar-refractivity contribution in [1.29, 1.82) is 0 Å². The van der Waals surface area contributed by atoms with Crippen molar-refractivity contribution in [2.24, 2.45) is 5.84 Å². The molecule has 100 valence electrons. The summed E-state index contributed by atoms with van der Waals surface area (Å²) in [4.78, 5) is 34.0. The normalized spacial score (nSPS) is 14.5. The molecule has 0 unspecified atom stereocenters. The molecule has 0 radical (unpaired) electrons. The molecule has 19 heavy (non-hydrogen) atoms. The Morgan fingerprint density at radius 1 is 1.47 bits per heavy atom. The van der Waals surface area contributed by atoms with Crippen molar-refractivity contribution in [1.82, 2.24) is 10.2 Å². The summed E-state index contributed by atoms with van der Waals surface area (Å²) < 4.78 is 0. The second kappa shape index (κ2) is 4.90. The highest BCUT2D eigenvalue weighted by Gasteiger charge is 2.28. The molecule has 3 amide bonds. The molecule has 1 aliphatic heterocycles. The first-order valence-corrected chi connectivity index (χ1v) is 5.35. The van der Waals surface area contributed by atoms with Crippen LogP contribution in [0.25, 0.3) is 0 Å². The lowest BCUT2D eigenvalue weighted by Gasteiger charge is -2.13. The number of nitrogens with two attached hydrogens (primary N) is 1. The zero-order valence-corrected chi connectivity index (χ0v) is 9.75. The van der Waals surface area contributed by atoms with E-state index in [4.69, 9.17) is 5.84 Å². The average Bonchev–Trinajstić information content (AvgIpc) is 2.70. The lowest BCUT2D eigenvalue weighted by molar-refractivity contribution is -0.384. The van der Waals surface area contributed by atoms with E-state index in [1.54, 1.807) is 0 Å². The first-order chi connectivity index (χ1) is 9.02. The lowest BCUT2D eigenvalue weighted by atomic mass is 10.1. The number of nitro benzene ring substituents is 1. The van der Waals surface area contributed by atoms with Crippen molar-refractivity contribution in [2.75, 3.05) is 12.0 Å². The van der Waals surface area contributed by atoms with Gasteiger partial charge in [0.05, 0.1) is 18.0 Å². The van der Waals surface area contributed by atoms with Crippen LogP contribution in [0.4, 0.5) is 16.2 Å². The summed E-state index contributed by atoms with van der Waals surface area (Å²) in [5, 5.41) is 13.1. The fraction of sp³-hybridized carbons (Fsp3) is 0.200. The topological polar surface area (TPSA) is 131 Å². The third-order valence-electron chi connectivity index (χ3n) is 2.69. The van der Waals surface area contributed by atoms with E-state index in [-0.39, 0.29) is 30.4 Å². The van der Waals surface area contributed by atoms with Crippen molar-refractivity contribution in [3.05, 3.63) is 33.9 Å². The van der Waals surface area contributed by atoms with Crippen LogP contribution in [0, 0.1) is 10.1 Å². The van der Waals surface area contributed by atoms with Crippen LogP contribution in [0.2, 0.25) is 0 Å². The largest absolute Gasteiger partial charge is 0.329 e. The van der Waals surface area contributed by atoms with Gasteiger partial charge in [-0.15, -0.1) is 0 Å². The number of hydrogen-bond donors (Lipinski definition) is 3. The van der Waals surface area contributed by atoms with E-state index in [1.165, 1.54) is 18.2 Å². The number of rotatable bonds is 4. The summed E-state index contributed by atoms with van der Waals surface area (Å²) in [5.74, 6) is 4.86. The van der Waals surface area contributed by atoms with Gasteiger partial charge >= 0.3 is 6.03 Å². The predicted molar refractivity (Wildman–Crippen MR) is 64.9 cm³/mol. The molecule has 0 spiro atoms. The van der Waals surface area contributed by atoms with Crippen molar-refractivity contribution < 1.29 is 14.5 Å². The van der Waals surface area contributed by atoms with Gasteiger partial charge in [0.2, 0.25) is 5.91 Å². The molecule has 1 aromatic rings. The Hall–Kier alpha value is -2.68. The number of carbonyl (C=O) groups excluding carboxylic acids is 2. The number of benzene rings is 1. The van der Waals surface area contributed by atoms with Gasteiger partial charge in [0.15, 0.2) is 0 Å². The van der Waals surface area contributed by atoms with E-state index in [2.05, 4.69) is 10.7 Å². The smallest absolute Gasteiger partial charge is 0.324 e. The molecule has 0 bridgehead atoms. The second-order valence-corrected chi connectivity index (χ2v) is 3.89. The van der Waals surface area contributed by atoms with Crippen LogP contribution in [-0.2, 0) is 11.3 Å². The van der Waals surface area contributed by atoms with E-state index >= 15 is 0 Å². The van der Waals surface area contributed by atoms with Crippen LogP contribution >= 0.6 is 0 Å². The Bertz CT molecular complexity index is 543. The summed E-state index contributed by atoms with van der Waals surface area (Å²) in [6.07, 6.45) is 0. The fourth-order valence-corrected chi connectivity index (χ4v) is 1.75. The minimum atomic E-state index is -0.577. The van der Waals surface area contributed by atoms with Crippen molar-refractivity contribution in [3.8, 4) is 0 Å². The van der Waals surface area contributed by atoms with E-state index in [9.17, 15) is 19.7 Å². The Balaban J connectivity index is 2.24. The highest BCUT2D eigenvalue weighted by Crippen LogP contribution is 2.25. The van der Waals surface area contributed by atoms with Gasteiger partial charge in [0, 0.05) is 6.07 Å². The maximum Gasteiger partial charge on any atom is 0.324 e. The number of amides is 3. The summed E-state index contributed by atoms with van der Waals surface area (Å²) in [5.41, 5.74) is 2.72. The molecule has 4 N–H and O–H groups in total. The van der Waals surface area contributed by atoms with Gasteiger partial charge in [-0.05, 0) is 11.6 Å². The molecule has 1 aromatic carbocycles. The number of imide groups is 1. The van der Waals surface area contributed by atoms with E-state index in [0.717, 1.165) is 4.90 Å². The lowest BCUT2D eigenvalue weighted by Crippen LogP contribution is -2.30. The second-order valence-electron chi connectivity index (χ2n) is 3.89. The molecule has 0 aromatic heterocycles. The van der Waals surface area contributed by atoms with E-state index in [1.807, 2.05) is 0 Å². The third-order valence-corrected chi connectivity index (χ3v) is 2.69. The number of nitrogen functional groups attached to an aromatic ring is 1. The molecule has 1 heterocycles. The van der Waals surface area contributed by atoms with E-state index in [0.29, 0.717) is 5.56 Å². The standard InChI is InChI=1S/C10H11N5O4/c11-13-7-3-6(1-2-8(7)15(18)19)5-14-9(16)4-12-10(14)17/h1-3,13H,4-5,11H2,(H,12,17). The number of hydrogen-bond acceptors (Lipinski definition) is 6. The van der Waals surface area contributed by atoms with Crippen molar-refractivity contribution in [3.63, 3.8) is 0 Å². The van der Waals surface area contributed by atoms with Crippen LogP contribution in [0.15, 0.2) is 18.2 Å². The van der Waals surface area contributed by atoms with Crippen LogP contribution in [0.3, 0.4) is 0 Å². The van der Waals surface area contributed by atoms with Gasteiger partial charge in [-0.3, -0.25) is 25.7 Å². The quantitative estimate of drug-likeness (QED) is 0.302. The molecule has 1 fully saturated rings. The molecule has 1 aliphatic rings. The maximum absolute atomic E-state index is 11.4. The van der Waals surface area contributed by atoms with Crippen molar-refractivity contribution in [2.45, 2.75) is 6.54 Å². The first-order valence-electron chi connectivity index (χ1n) is 5.35. The SMILES string of the molecule is NNc1cc(CN2C(=O)CNC2=O)ccc1[N+](=O)[O-]. The fourth-order valence-electron chi connectivity index (χ4n) is 1.75. The number of urea groups is 1. The van der Waals surface area contributed by atoms with Gasteiger partial charge in [-0.2, -0.15) is 0 Å². The third kappa shape index (κ3) is 2.45. The van der Waals surface area contributed by atoms with Gasteiger partial charge in [0.1, 0.15) is 5.69 Å². The zero-order chi connectivity index (χ0) is 14.0. The molecule has 0 aliphatic carbocycles. The minimum absolute atomic E-state index is 0.0339. The molecule has 0 saturated carbocycles. The van der Waals surface area contributed by atoms with Gasteiger partial charge < -0.3 is 10.7 Å². The number of nitrogens with one attached hydrogen (secondary N) is 2. The summed E-state index contributed by atoms with van der Waals surface area (Å²) in [7, 11) is 0. The maximum atomic E-state index is 11.4. The Labute approximate surface area is 107 Å². The first kappa shape index (κ1) is 12.8. The summed E-state index contributed by atoms with van der Waals surface area (Å²) >= 11 is 0. The number of carbonyl (C=O) groups is 2. The number of nitro groups is 1. The highest BCUT2D eigenvalue weighted by atomic mass is 16.6. The molecular formula is C10H11N5O4.